The molecular formula is C12H22N2O3. The average molecular weight is 242 g/mol. The van der Waals surface area contributed by atoms with Crippen molar-refractivity contribution >= 4 is 11.9 Å². The Kier molecular flexibility index (Phi) is 5.41. The van der Waals surface area contributed by atoms with Gasteiger partial charge in [0.05, 0.1) is 6.04 Å². The van der Waals surface area contributed by atoms with E-state index in [4.69, 9.17) is 5.11 Å². The second kappa shape index (κ2) is 6.59. The number of nitrogens with one attached hydrogen (secondary N) is 1. The molecule has 1 aliphatic rings. The summed E-state index contributed by atoms with van der Waals surface area (Å²) in [5.74, 6) is -1.13. The van der Waals surface area contributed by atoms with Crippen molar-refractivity contribution in [1.29, 1.82) is 0 Å². The molecule has 2 N–H and O–H groups in total. The predicted octanol–water partition coefficient (Wildman–Crippen LogP) is 0.840. The van der Waals surface area contributed by atoms with Crippen LogP contribution in [0.5, 0.6) is 0 Å². The Bertz CT molecular complexity index is 279. The van der Waals surface area contributed by atoms with Crippen LogP contribution in [-0.4, -0.2) is 47.1 Å². The van der Waals surface area contributed by atoms with E-state index < -0.39 is 12.0 Å². The molecular weight excluding hydrogens is 220 g/mol. The largest absolute Gasteiger partial charge is 0.480 e. The van der Waals surface area contributed by atoms with Crippen molar-refractivity contribution < 1.29 is 14.7 Å². The van der Waals surface area contributed by atoms with Gasteiger partial charge in [-0.05, 0) is 39.3 Å². The van der Waals surface area contributed by atoms with E-state index in [0.717, 1.165) is 38.8 Å². The molecule has 1 saturated heterocycles. The summed E-state index contributed by atoms with van der Waals surface area (Å²) >= 11 is 0. The summed E-state index contributed by atoms with van der Waals surface area (Å²) in [6.07, 6.45) is 4.01. The standard InChI is InChI=1S/C12H22N2O3/c1-3-7-14-8-5-4-6-10(14)11(15)13-9(2)12(16)17/h9-10H,3-8H2,1-2H3,(H,13,15)(H,16,17)/t9-,10-/m0/s1. The van der Waals surface area contributed by atoms with Crippen molar-refractivity contribution in [3.8, 4) is 0 Å². The van der Waals surface area contributed by atoms with Gasteiger partial charge in [-0.2, -0.15) is 0 Å². The number of carboxylic acid groups (broad SMARTS) is 1. The number of carbonyl (C=O) groups is 2. The van der Waals surface area contributed by atoms with Crippen molar-refractivity contribution in [2.75, 3.05) is 13.1 Å². The Labute approximate surface area is 102 Å². The third kappa shape index (κ3) is 4.00. The molecule has 1 rings (SSSR count). The molecule has 1 aliphatic heterocycles. The summed E-state index contributed by atoms with van der Waals surface area (Å²) in [4.78, 5) is 24.8. The van der Waals surface area contributed by atoms with E-state index in [-0.39, 0.29) is 11.9 Å². The van der Waals surface area contributed by atoms with Gasteiger partial charge in [-0.15, -0.1) is 0 Å². The zero-order chi connectivity index (χ0) is 12.8. The Hall–Kier alpha value is -1.10. The molecule has 1 fully saturated rings. The van der Waals surface area contributed by atoms with E-state index in [1.54, 1.807) is 0 Å². The van der Waals surface area contributed by atoms with Gasteiger partial charge in [-0.3, -0.25) is 14.5 Å². The zero-order valence-corrected chi connectivity index (χ0v) is 10.6. The number of likely N-dealkylation sites (tertiary alicyclic amines) is 1. The SMILES string of the molecule is CCCN1CCCC[C@H]1C(=O)N[C@@H](C)C(=O)O. The van der Waals surface area contributed by atoms with Gasteiger partial charge in [-0.1, -0.05) is 13.3 Å². The molecule has 0 radical (unpaired) electrons. The first-order valence-corrected chi connectivity index (χ1v) is 6.33. The lowest BCUT2D eigenvalue weighted by Crippen LogP contribution is -2.52. The van der Waals surface area contributed by atoms with Crippen LogP contribution in [0, 0.1) is 0 Å². The molecule has 5 nitrogen and oxygen atoms in total. The molecule has 17 heavy (non-hydrogen) atoms. The van der Waals surface area contributed by atoms with Gasteiger partial charge in [0, 0.05) is 0 Å². The molecule has 0 spiro atoms. The van der Waals surface area contributed by atoms with Crippen LogP contribution >= 0.6 is 0 Å². The third-order valence-electron chi connectivity index (χ3n) is 3.16. The van der Waals surface area contributed by atoms with Crippen LogP contribution in [-0.2, 0) is 9.59 Å². The maximum atomic E-state index is 12.0. The number of nitrogens with zero attached hydrogens (tertiary/aromatic N) is 1. The van der Waals surface area contributed by atoms with Gasteiger partial charge in [0.2, 0.25) is 5.91 Å². The molecule has 2 atom stereocenters. The molecule has 0 unspecified atom stereocenters. The summed E-state index contributed by atoms with van der Waals surface area (Å²) in [6, 6.07) is -0.960. The number of piperidine rings is 1. The van der Waals surface area contributed by atoms with Gasteiger partial charge in [0.1, 0.15) is 6.04 Å². The minimum absolute atomic E-state index is 0.145. The number of hydrogen-bond donors (Lipinski definition) is 2. The first-order chi connectivity index (χ1) is 8.06. The molecule has 0 saturated carbocycles. The number of carboxylic acids is 1. The smallest absolute Gasteiger partial charge is 0.325 e. The molecule has 1 amide bonds. The Morgan fingerprint density at radius 3 is 2.76 bits per heavy atom. The summed E-state index contributed by atoms with van der Waals surface area (Å²) in [7, 11) is 0. The van der Waals surface area contributed by atoms with E-state index in [2.05, 4.69) is 17.1 Å². The highest BCUT2D eigenvalue weighted by atomic mass is 16.4. The Morgan fingerprint density at radius 2 is 2.18 bits per heavy atom. The van der Waals surface area contributed by atoms with Crippen LogP contribution in [0.25, 0.3) is 0 Å². The van der Waals surface area contributed by atoms with Crippen molar-refractivity contribution in [3.05, 3.63) is 0 Å². The minimum atomic E-state index is -0.990. The molecule has 98 valence electrons. The van der Waals surface area contributed by atoms with E-state index in [0.29, 0.717) is 0 Å². The van der Waals surface area contributed by atoms with Gasteiger partial charge >= 0.3 is 5.97 Å². The number of hydrogen-bond acceptors (Lipinski definition) is 3. The van der Waals surface area contributed by atoms with Crippen molar-refractivity contribution in [1.82, 2.24) is 10.2 Å². The highest BCUT2D eigenvalue weighted by Crippen LogP contribution is 2.17. The average Bonchev–Trinajstić information content (AvgIpc) is 2.29. The number of carbonyl (C=O) groups excluding carboxylic acids is 1. The number of rotatable bonds is 5. The molecule has 5 heteroatoms. The molecule has 0 aromatic heterocycles. The first-order valence-electron chi connectivity index (χ1n) is 6.33. The van der Waals surface area contributed by atoms with Crippen molar-refractivity contribution in [3.63, 3.8) is 0 Å². The molecule has 0 aromatic carbocycles. The maximum absolute atomic E-state index is 12.0. The highest BCUT2D eigenvalue weighted by molar-refractivity contribution is 5.86. The van der Waals surface area contributed by atoms with Gasteiger partial charge in [0.25, 0.3) is 0 Å². The number of amides is 1. The lowest BCUT2D eigenvalue weighted by atomic mass is 10.0. The lowest BCUT2D eigenvalue weighted by Gasteiger charge is -2.34. The van der Waals surface area contributed by atoms with Crippen LogP contribution in [0.15, 0.2) is 0 Å². The summed E-state index contributed by atoms with van der Waals surface area (Å²) in [6.45, 7) is 5.42. The van der Waals surface area contributed by atoms with E-state index in [1.165, 1.54) is 6.92 Å². The Morgan fingerprint density at radius 1 is 1.47 bits per heavy atom. The lowest BCUT2D eigenvalue weighted by molar-refractivity contribution is -0.142. The maximum Gasteiger partial charge on any atom is 0.325 e. The van der Waals surface area contributed by atoms with Gasteiger partial charge in [0.15, 0.2) is 0 Å². The normalized spacial score (nSPS) is 23.1. The predicted molar refractivity (Wildman–Crippen MR) is 64.7 cm³/mol. The van der Waals surface area contributed by atoms with Gasteiger partial charge < -0.3 is 10.4 Å². The molecule has 0 aliphatic carbocycles. The van der Waals surface area contributed by atoms with E-state index in [1.807, 2.05) is 0 Å². The fraction of sp³-hybridized carbons (Fsp3) is 0.833. The molecule has 0 bridgehead atoms. The minimum Gasteiger partial charge on any atom is -0.480 e. The van der Waals surface area contributed by atoms with Crippen LogP contribution in [0.4, 0.5) is 0 Å². The van der Waals surface area contributed by atoms with Crippen LogP contribution in [0.1, 0.15) is 39.5 Å². The van der Waals surface area contributed by atoms with Crippen molar-refractivity contribution in [2.24, 2.45) is 0 Å². The quantitative estimate of drug-likeness (QED) is 0.749. The van der Waals surface area contributed by atoms with Gasteiger partial charge in [-0.25, -0.2) is 0 Å². The summed E-state index contributed by atoms with van der Waals surface area (Å²) in [5.41, 5.74) is 0. The first kappa shape index (κ1) is 14.0. The fourth-order valence-corrected chi connectivity index (χ4v) is 2.21. The zero-order valence-electron chi connectivity index (χ0n) is 10.6. The van der Waals surface area contributed by atoms with Crippen LogP contribution in [0.3, 0.4) is 0 Å². The van der Waals surface area contributed by atoms with E-state index in [9.17, 15) is 9.59 Å². The Balaban J connectivity index is 2.55. The highest BCUT2D eigenvalue weighted by Gasteiger charge is 2.29. The molecule has 0 aromatic rings. The van der Waals surface area contributed by atoms with Crippen LogP contribution < -0.4 is 5.32 Å². The van der Waals surface area contributed by atoms with E-state index >= 15 is 0 Å². The second-order valence-electron chi connectivity index (χ2n) is 4.62. The molecule has 1 heterocycles. The summed E-state index contributed by atoms with van der Waals surface area (Å²) < 4.78 is 0. The van der Waals surface area contributed by atoms with Crippen molar-refractivity contribution in [2.45, 2.75) is 51.6 Å². The fourth-order valence-electron chi connectivity index (χ4n) is 2.21. The van der Waals surface area contributed by atoms with Crippen LogP contribution in [0.2, 0.25) is 0 Å². The second-order valence-corrected chi connectivity index (χ2v) is 4.62. The summed E-state index contributed by atoms with van der Waals surface area (Å²) in [5, 5.41) is 11.3. The third-order valence-corrected chi connectivity index (χ3v) is 3.16. The topological polar surface area (TPSA) is 69.6 Å². The monoisotopic (exact) mass is 242 g/mol. The number of aliphatic carboxylic acids is 1.